The van der Waals surface area contributed by atoms with Gasteiger partial charge < -0.3 is 19.5 Å². The molecule has 0 unspecified atom stereocenters. The summed E-state index contributed by atoms with van der Waals surface area (Å²) in [6, 6.07) is 8.23. The highest BCUT2D eigenvalue weighted by Gasteiger charge is 2.28. The van der Waals surface area contributed by atoms with E-state index >= 15 is 0 Å². The third-order valence-corrected chi connectivity index (χ3v) is 3.17. The Kier molecular flexibility index (Phi) is 8.09. The molecule has 0 aliphatic heterocycles. The van der Waals surface area contributed by atoms with E-state index < -0.39 is 36.3 Å². The topological polar surface area (TPSA) is 90.9 Å². The average Bonchev–Trinajstić information content (AvgIpc) is 2.54. The molecule has 1 aromatic rings. The van der Waals surface area contributed by atoms with Crippen molar-refractivity contribution in [1.29, 1.82) is 0 Å². The largest absolute Gasteiger partial charge is 0.458 e. The third-order valence-electron chi connectivity index (χ3n) is 3.17. The summed E-state index contributed by atoms with van der Waals surface area (Å²) < 4.78 is 15.1. The summed E-state index contributed by atoms with van der Waals surface area (Å²) in [6.45, 7) is 8.23. The number of nitrogens with one attached hydrogen (secondary N) is 1. The van der Waals surface area contributed by atoms with Gasteiger partial charge in [-0.2, -0.15) is 0 Å². The van der Waals surface area contributed by atoms with Crippen LogP contribution in [0.5, 0.6) is 0 Å². The fraction of sp³-hybridized carbons (Fsp3) is 0.526. The smallest absolute Gasteiger partial charge is 0.408 e. The Labute approximate surface area is 154 Å². The number of amides is 1. The van der Waals surface area contributed by atoms with Gasteiger partial charge in [0.2, 0.25) is 0 Å². The maximum Gasteiger partial charge on any atom is 0.408 e. The summed E-state index contributed by atoms with van der Waals surface area (Å²) in [7, 11) is 0. The van der Waals surface area contributed by atoms with Gasteiger partial charge >= 0.3 is 18.0 Å². The molecule has 144 valence electrons. The van der Waals surface area contributed by atoms with Gasteiger partial charge in [0.15, 0.2) is 6.61 Å². The second kappa shape index (κ2) is 9.79. The first-order chi connectivity index (χ1) is 12.1. The Balaban J connectivity index is 2.46. The van der Waals surface area contributed by atoms with Crippen LogP contribution < -0.4 is 5.32 Å². The van der Waals surface area contributed by atoms with E-state index in [2.05, 4.69) is 5.32 Å². The molecule has 1 aromatic carbocycles. The Morgan fingerprint density at radius 3 is 2.19 bits per heavy atom. The number of benzene rings is 1. The number of esters is 2. The van der Waals surface area contributed by atoms with E-state index in [1.54, 1.807) is 34.6 Å². The summed E-state index contributed by atoms with van der Waals surface area (Å²) in [5.41, 5.74) is 0.148. The SMILES string of the molecule is CC(C)[C@H](NC(=O)OC(C)(C)C)C(=O)OCC(=O)OCc1ccccc1. The maximum absolute atomic E-state index is 12.2. The van der Waals surface area contributed by atoms with Crippen LogP contribution in [0.15, 0.2) is 30.3 Å². The van der Waals surface area contributed by atoms with Gasteiger partial charge in [0.05, 0.1) is 0 Å². The van der Waals surface area contributed by atoms with Gasteiger partial charge in [-0.3, -0.25) is 0 Å². The Morgan fingerprint density at radius 2 is 1.65 bits per heavy atom. The van der Waals surface area contributed by atoms with E-state index in [9.17, 15) is 14.4 Å². The lowest BCUT2D eigenvalue weighted by Gasteiger charge is -2.24. The van der Waals surface area contributed by atoms with Crippen molar-refractivity contribution in [3.8, 4) is 0 Å². The number of carbonyl (C=O) groups is 3. The van der Waals surface area contributed by atoms with Crippen LogP contribution in [0.25, 0.3) is 0 Å². The monoisotopic (exact) mass is 365 g/mol. The average molecular weight is 365 g/mol. The molecule has 1 N–H and O–H groups in total. The molecule has 0 bridgehead atoms. The number of hydrogen-bond acceptors (Lipinski definition) is 6. The number of carbonyl (C=O) groups excluding carboxylic acids is 3. The summed E-state index contributed by atoms with van der Waals surface area (Å²) in [4.78, 5) is 35.7. The highest BCUT2D eigenvalue weighted by Crippen LogP contribution is 2.10. The Morgan fingerprint density at radius 1 is 1.04 bits per heavy atom. The Hall–Kier alpha value is -2.57. The zero-order valence-electron chi connectivity index (χ0n) is 15.9. The molecule has 0 aromatic heterocycles. The first-order valence-electron chi connectivity index (χ1n) is 8.44. The molecule has 1 atom stereocenters. The summed E-state index contributed by atoms with van der Waals surface area (Å²) in [6.07, 6.45) is -0.722. The number of hydrogen-bond donors (Lipinski definition) is 1. The molecule has 1 rings (SSSR count). The molecule has 0 saturated heterocycles. The Bertz CT molecular complexity index is 606. The molecule has 26 heavy (non-hydrogen) atoms. The van der Waals surface area contributed by atoms with E-state index in [4.69, 9.17) is 14.2 Å². The molecule has 0 fully saturated rings. The van der Waals surface area contributed by atoms with Crippen molar-refractivity contribution in [1.82, 2.24) is 5.32 Å². The normalized spacial score (nSPS) is 12.2. The van der Waals surface area contributed by atoms with Crippen molar-refractivity contribution >= 4 is 18.0 Å². The van der Waals surface area contributed by atoms with Crippen LogP contribution in [0.4, 0.5) is 4.79 Å². The van der Waals surface area contributed by atoms with Crippen LogP contribution in [-0.2, 0) is 30.4 Å². The molecule has 0 heterocycles. The van der Waals surface area contributed by atoms with Crippen LogP contribution in [-0.4, -0.2) is 36.3 Å². The predicted molar refractivity (Wildman–Crippen MR) is 95.2 cm³/mol. The molecule has 7 heteroatoms. The summed E-state index contributed by atoms with van der Waals surface area (Å²) >= 11 is 0. The fourth-order valence-electron chi connectivity index (χ4n) is 1.93. The van der Waals surface area contributed by atoms with Crippen LogP contribution in [0.3, 0.4) is 0 Å². The molecule has 0 spiro atoms. The highest BCUT2D eigenvalue weighted by atomic mass is 16.6. The van der Waals surface area contributed by atoms with Crippen LogP contribution in [0.1, 0.15) is 40.2 Å². The van der Waals surface area contributed by atoms with Crippen molar-refractivity contribution in [2.24, 2.45) is 5.92 Å². The molecular formula is C19H27NO6. The predicted octanol–water partition coefficient (Wildman–Crippen LogP) is 2.82. The number of ether oxygens (including phenoxy) is 3. The molecular weight excluding hydrogens is 338 g/mol. The summed E-state index contributed by atoms with van der Waals surface area (Å²) in [5, 5.41) is 2.47. The molecule has 0 aliphatic carbocycles. The quantitative estimate of drug-likeness (QED) is 0.590. The zero-order valence-corrected chi connectivity index (χ0v) is 15.9. The lowest BCUT2D eigenvalue weighted by molar-refractivity contribution is -0.161. The highest BCUT2D eigenvalue weighted by molar-refractivity contribution is 5.83. The number of rotatable bonds is 7. The van der Waals surface area contributed by atoms with E-state index in [0.717, 1.165) is 5.56 Å². The molecule has 7 nitrogen and oxygen atoms in total. The van der Waals surface area contributed by atoms with Crippen molar-refractivity contribution in [2.45, 2.75) is 52.9 Å². The van der Waals surface area contributed by atoms with Gasteiger partial charge in [-0.15, -0.1) is 0 Å². The standard InChI is InChI=1S/C19H27NO6/c1-13(2)16(20-18(23)26-19(3,4)5)17(22)25-12-15(21)24-11-14-9-7-6-8-10-14/h6-10,13,16H,11-12H2,1-5H3,(H,20,23)/t16-/m0/s1. The number of alkyl carbamates (subject to hydrolysis) is 1. The second-order valence-electron chi connectivity index (χ2n) is 7.12. The van der Waals surface area contributed by atoms with Gasteiger partial charge in [-0.05, 0) is 32.3 Å². The molecule has 0 saturated carbocycles. The van der Waals surface area contributed by atoms with Crippen molar-refractivity contribution in [2.75, 3.05) is 6.61 Å². The second-order valence-corrected chi connectivity index (χ2v) is 7.12. The molecule has 0 aliphatic rings. The van der Waals surface area contributed by atoms with Crippen LogP contribution in [0, 0.1) is 5.92 Å². The lowest BCUT2D eigenvalue weighted by Crippen LogP contribution is -2.47. The maximum atomic E-state index is 12.2. The minimum absolute atomic E-state index is 0.0982. The van der Waals surface area contributed by atoms with Crippen molar-refractivity contribution < 1.29 is 28.6 Å². The lowest BCUT2D eigenvalue weighted by atomic mass is 10.1. The van der Waals surface area contributed by atoms with E-state index in [0.29, 0.717) is 0 Å². The van der Waals surface area contributed by atoms with Crippen LogP contribution >= 0.6 is 0 Å². The molecule has 1 amide bonds. The van der Waals surface area contributed by atoms with E-state index in [-0.39, 0.29) is 12.5 Å². The van der Waals surface area contributed by atoms with Gasteiger partial charge in [-0.25, -0.2) is 14.4 Å². The minimum atomic E-state index is -0.924. The van der Waals surface area contributed by atoms with E-state index in [1.807, 2.05) is 30.3 Å². The van der Waals surface area contributed by atoms with Gasteiger partial charge in [0.1, 0.15) is 18.2 Å². The minimum Gasteiger partial charge on any atom is -0.458 e. The van der Waals surface area contributed by atoms with Crippen molar-refractivity contribution in [3.63, 3.8) is 0 Å². The first kappa shape index (κ1) is 21.5. The zero-order chi connectivity index (χ0) is 19.7. The molecule has 0 radical (unpaired) electrons. The third kappa shape index (κ3) is 8.50. The van der Waals surface area contributed by atoms with Crippen LogP contribution in [0.2, 0.25) is 0 Å². The fourth-order valence-corrected chi connectivity index (χ4v) is 1.93. The van der Waals surface area contributed by atoms with Gasteiger partial charge in [-0.1, -0.05) is 44.2 Å². The summed E-state index contributed by atoms with van der Waals surface area (Å²) in [5.74, 6) is -1.63. The first-order valence-corrected chi connectivity index (χ1v) is 8.44. The van der Waals surface area contributed by atoms with Crippen molar-refractivity contribution in [3.05, 3.63) is 35.9 Å². The van der Waals surface area contributed by atoms with Gasteiger partial charge in [0, 0.05) is 0 Å². The van der Waals surface area contributed by atoms with E-state index in [1.165, 1.54) is 0 Å². The van der Waals surface area contributed by atoms with Gasteiger partial charge in [0.25, 0.3) is 0 Å².